The molecule has 1 aliphatic rings. The van der Waals surface area contributed by atoms with Crippen LogP contribution < -0.4 is 15.5 Å². The van der Waals surface area contributed by atoms with Crippen molar-refractivity contribution in [2.75, 3.05) is 22.1 Å². The lowest BCUT2D eigenvalue weighted by Gasteiger charge is -2.16. The molecule has 11 heteroatoms. The average molecular weight is 587 g/mol. The number of hydrogen-bond acceptors (Lipinski definition) is 6. The molecule has 0 saturated carbocycles. The molecular formula is C28H22Cl3N3O5. The van der Waals surface area contributed by atoms with Gasteiger partial charge >= 0.3 is 5.97 Å². The highest BCUT2D eigenvalue weighted by molar-refractivity contribution is 6.54. The molecule has 39 heavy (non-hydrogen) atoms. The third kappa shape index (κ3) is 6.42. The van der Waals surface area contributed by atoms with E-state index in [1.54, 1.807) is 30.3 Å². The summed E-state index contributed by atoms with van der Waals surface area (Å²) in [5.74, 6) is -2.30. The van der Waals surface area contributed by atoms with Crippen LogP contribution in [0, 0.1) is 0 Å². The number of unbranched alkanes of at least 4 members (excludes halogenated alkanes) is 1. The Labute approximate surface area is 239 Å². The van der Waals surface area contributed by atoms with Gasteiger partial charge in [-0.15, -0.1) is 0 Å². The number of nitrogens with one attached hydrogen (secondary N) is 2. The molecule has 0 radical (unpaired) electrons. The fourth-order valence-corrected chi connectivity index (χ4v) is 4.37. The molecule has 0 fully saturated rings. The van der Waals surface area contributed by atoms with Crippen LogP contribution in [0.2, 0.25) is 10.0 Å². The molecule has 3 aromatic rings. The zero-order chi connectivity index (χ0) is 28.1. The molecule has 200 valence electrons. The van der Waals surface area contributed by atoms with Crippen molar-refractivity contribution in [2.45, 2.75) is 19.8 Å². The fraction of sp³-hybridized carbons (Fsp3) is 0.143. The van der Waals surface area contributed by atoms with Gasteiger partial charge in [0.05, 0.1) is 22.9 Å². The SMILES string of the molecule is CCCCOC(=O)c1cccc(NC(=O)c2ccc(NC3=C(Cl)C(=O)N(c4ccc(Cl)cc4Cl)C3=O)cc2)c1. The number of esters is 1. The van der Waals surface area contributed by atoms with Crippen LogP contribution in [-0.4, -0.2) is 30.3 Å². The first-order chi connectivity index (χ1) is 18.7. The number of benzene rings is 3. The van der Waals surface area contributed by atoms with Crippen LogP contribution in [0.5, 0.6) is 0 Å². The average Bonchev–Trinajstić information content (AvgIpc) is 3.12. The van der Waals surface area contributed by atoms with Gasteiger partial charge < -0.3 is 15.4 Å². The topological polar surface area (TPSA) is 105 Å². The highest BCUT2D eigenvalue weighted by atomic mass is 35.5. The summed E-state index contributed by atoms with van der Waals surface area (Å²) in [6.07, 6.45) is 1.68. The van der Waals surface area contributed by atoms with Gasteiger partial charge in [-0.2, -0.15) is 0 Å². The lowest BCUT2D eigenvalue weighted by molar-refractivity contribution is -0.120. The van der Waals surface area contributed by atoms with E-state index >= 15 is 0 Å². The first kappa shape index (κ1) is 28.2. The minimum atomic E-state index is -0.735. The van der Waals surface area contributed by atoms with Gasteiger partial charge in [0.15, 0.2) is 0 Å². The summed E-state index contributed by atoms with van der Waals surface area (Å²) in [5, 5.41) is 5.74. The van der Waals surface area contributed by atoms with Crippen LogP contribution in [0.25, 0.3) is 0 Å². The Morgan fingerprint density at radius 3 is 2.31 bits per heavy atom. The Balaban J connectivity index is 1.42. The number of ether oxygens (including phenoxy) is 1. The van der Waals surface area contributed by atoms with Crippen LogP contribution in [0.3, 0.4) is 0 Å². The second kappa shape index (κ2) is 12.3. The molecule has 1 aliphatic heterocycles. The van der Waals surface area contributed by atoms with E-state index in [0.717, 1.165) is 17.7 Å². The molecule has 3 amide bonds. The van der Waals surface area contributed by atoms with E-state index < -0.39 is 23.7 Å². The van der Waals surface area contributed by atoms with E-state index in [4.69, 9.17) is 39.5 Å². The second-order valence-corrected chi connectivity index (χ2v) is 9.68. The molecule has 4 rings (SSSR count). The molecule has 0 spiro atoms. The smallest absolute Gasteiger partial charge is 0.338 e. The second-order valence-electron chi connectivity index (χ2n) is 8.46. The summed E-state index contributed by atoms with van der Waals surface area (Å²) in [4.78, 5) is 51.5. The molecule has 0 bridgehead atoms. The van der Waals surface area contributed by atoms with Crippen molar-refractivity contribution in [3.8, 4) is 0 Å². The third-order valence-corrected chi connectivity index (χ3v) is 6.57. The monoisotopic (exact) mass is 585 g/mol. The van der Waals surface area contributed by atoms with Crippen molar-refractivity contribution in [1.82, 2.24) is 0 Å². The number of amides is 3. The highest BCUT2D eigenvalue weighted by Gasteiger charge is 2.39. The van der Waals surface area contributed by atoms with Crippen molar-refractivity contribution in [2.24, 2.45) is 0 Å². The number of imide groups is 1. The molecule has 0 unspecified atom stereocenters. The van der Waals surface area contributed by atoms with Crippen LogP contribution in [0.1, 0.15) is 40.5 Å². The summed E-state index contributed by atoms with van der Waals surface area (Å²) in [6.45, 7) is 2.34. The van der Waals surface area contributed by atoms with Gasteiger partial charge in [-0.1, -0.05) is 54.2 Å². The first-order valence-corrected chi connectivity index (χ1v) is 13.0. The van der Waals surface area contributed by atoms with Crippen molar-refractivity contribution in [3.63, 3.8) is 0 Å². The number of carbonyl (C=O) groups excluding carboxylic acids is 4. The molecule has 8 nitrogen and oxygen atoms in total. The first-order valence-electron chi connectivity index (χ1n) is 11.9. The van der Waals surface area contributed by atoms with Crippen LogP contribution in [0.15, 0.2) is 77.5 Å². The molecule has 0 atom stereocenters. The van der Waals surface area contributed by atoms with E-state index in [9.17, 15) is 19.2 Å². The number of halogens is 3. The maximum absolute atomic E-state index is 13.0. The van der Waals surface area contributed by atoms with Crippen molar-refractivity contribution >= 4 is 75.6 Å². The number of hydrogen-bond donors (Lipinski definition) is 2. The zero-order valence-corrected chi connectivity index (χ0v) is 22.9. The van der Waals surface area contributed by atoms with E-state index in [-0.39, 0.29) is 21.4 Å². The third-order valence-electron chi connectivity index (χ3n) is 5.68. The molecule has 2 N–H and O–H groups in total. The summed E-state index contributed by atoms with van der Waals surface area (Å²) < 4.78 is 5.21. The standard InChI is InChI=1S/C28H22Cl3N3O5/c1-2-3-13-39-28(38)17-5-4-6-20(14-17)33-25(35)16-7-10-19(11-8-16)32-24-23(31)26(36)34(27(24)37)22-12-9-18(29)15-21(22)30/h4-12,14-15,32H,2-3,13H2,1H3,(H,33,35). The molecule has 0 aromatic heterocycles. The number of anilines is 3. The predicted molar refractivity (Wildman–Crippen MR) is 151 cm³/mol. The molecule has 0 saturated heterocycles. The van der Waals surface area contributed by atoms with Crippen molar-refractivity contribution in [3.05, 3.63) is 98.6 Å². The van der Waals surface area contributed by atoms with E-state index in [0.29, 0.717) is 34.1 Å². The Morgan fingerprint density at radius 1 is 0.872 bits per heavy atom. The van der Waals surface area contributed by atoms with Gasteiger partial charge in [-0.3, -0.25) is 14.4 Å². The predicted octanol–water partition coefficient (Wildman–Crippen LogP) is 6.64. The summed E-state index contributed by atoms with van der Waals surface area (Å²) in [5.41, 5.74) is 1.52. The Morgan fingerprint density at radius 2 is 1.62 bits per heavy atom. The molecular weight excluding hydrogens is 565 g/mol. The van der Waals surface area contributed by atoms with Gasteiger partial charge in [0.1, 0.15) is 10.7 Å². The minimum absolute atomic E-state index is 0.115. The molecule has 0 aliphatic carbocycles. The van der Waals surface area contributed by atoms with Gasteiger partial charge in [-0.25, -0.2) is 9.69 Å². The minimum Gasteiger partial charge on any atom is -0.462 e. The van der Waals surface area contributed by atoms with Crippen molar-refractivity contribution < 1.29 is 23.9 Å². The zero-order valence-electron chi connectivity index (χ0n) is 20.6. The van der Waals surface area contributed by atoms with Crippen LogP contribution >= 0.6 is 34.8 Å². The van der Waals surface area contributed by atoms with Gasteiger partial charge in [-0.05, 0) is 67.1 Å². The van der Waals surface area contributed by atoms with Gasteiger partial charge in [0.25, 0.3) is 17.7 Å². The lowest BCUT2D eigenvalue weighted by atomic mass is 10.1. The molecule has 1 heterocycles. The van der Waals surface area contributed by atoms with E-state index in [1.165, 1.54) is 36.4 Å². The Kier molecular flexibility index (Phi) is 8.91. The Bertz CT molecular complexity index is 1490. The maximum atomic E-state index is 13.0. The van der Waals surface area contributed by atoms with Gasteiger partial charge in [0.2, 0.25) is 0 Å². The highest BCUT2D eigenvalue weighted by Crippen LogP contribution is 2.35. The number of nitrogens with zero attached hydrogens (tertiary/aromatic N) is 1. The fourth-order valence-electron chi connectivity index (χ4n) is 3.66. The van der Waals surface area contributed by atoms with Crippen molar-refractivity contribution in [1.29, 1.82) is 0 Å². The quantitative estimate of drug-likeness (QED) is 0.165. The summed E-state index contributed by atoms with van der Waals surface area (Å²) >= 11 is 18.3. The van der Waals surface area contributed by atoms with Crippen LogP contribution in [0.4, 0.5) is 17.1 Å². The summed E-state index contributed by atoms with van der Waals surface area (Å²) in [7, 11) is 0. The number of rotatable bonds is 9. The van der Waals surface area contributed by atoms with Gasteiger partial charge in [0, 0.05) is 22.0 Å². The maximum Gasteiger partial charge on any atom is 0.338 e. The Hall–Kier alpha value is -3.85. The van der Waals surface area contributed by atoms with E-state index in [1.807, 2.05) is 6.92 Å². The van der Waals surface area contributed by atoms with Crippen LogP contribution in [-0.2, 0) is 14.3 Å². The number of carbonyl (C=O) groups is 4. The largest absolute Gasteiger partial charge is 0.462 e. The lowest BCUT2D eigenvalue weighted by Crippen LogP contribution is -2.32. The van der Waals surface area contributed by atoms with E-state index in [2.05, 4.69) is 10.6 Å². The summed E-state index contributed by atoms with van der Waals surface area (Å²) in [6, 6.07) is 17.0. The normalized spacial score (nSPS) is 13.1. The molecule has 3 aromatic carbocycles.